The van der Waals surface area contributed by atoms with Gasteiger partial charge in [-0.15, -0.1) is 11.3 Å². The van der Waals surface area contributed by atoms with Crippen molar-refractivity contribution in [1.82, 2.24) is 20.4 Å². The molecule has 3 aromatic rings. The van der Waals surface area contributed by atoms with Crippen LogP contribution in [0.25, 0.3) is 0 Å². The fraction of sp³-hybridized carbons (Fsp3) is 0.250. The molecule has 0 radical (unpaired) electrons. The minimum Gasteiger partial charge on any atom is -0.339 e. The van der Waals surface area contributed by atoms with Crippen LogP contribution in [0.2, 0.25) is 0 Å². The summed E-state index contributed by atoms with van der Waals surface area (Å²) in [5, 5.41) is 11.9. The van der Waals surface area contributed by atoms with Gasteiger partial charge < -0.3 is 9.84 Å². The van der Waals surface area contributed by atoms with Crippen LogP contribution in [0.15, 0.2) is 46.4 Å². The van der Waals surface area contributed by atoms with Crippen LogP contribution in [0.5, 0.6) is 0 Å². The second kappa shape index (κ2) is 7.69. The number of nitrogens with zero attached hydrogens (tertiary/aromatic N) is 3. The zero-order chi connectivity index (χ0) is 16.8. The zero-order valence-corrected chi connectivity index (χ0v) is 13.9. The molecule has 7 nitrogen and oxygen atoms in total. The van der Waals surface area contributed by atoms with E-state index in [4.69, 9.17) is 4.52 Å². The Hall–Kier alpha value is -2.74. The molecule has 0 spiro atoms. The van der Waals surface area contributed by atoms with E-state index in [-0.39, 0.29) is 6.03 Å². The van der Waals surface area contributed by atoms with Gasteiger partial charge in [-0.1, -0.05) is 42.4 Å². The van der Waals surface area contributed by atoms with E-state index >= 15 is 0 Å². The summed E-state index contributed by atoms with van der Waals surface area (Å²) in [4.78, 5) is 20.7. The molecule has 0 aliphatic rings. The highest BCUT2D eigenvalue weighted by molar-refractivity contribution is 7.13. The molecular formula is C16H17N5O2S. The Bertz CT molecular complexity index is 773. The van der Waals surface area contributed by atoms with Crippen molar-refractivity contribution in [2.45, 2.75) is 25.8 Å². The smallest absolute Gasteiger partial charge is 0.321 e. The maximum Gasteiger partial charge on any atom is 0.321 e. The molecule has 0 bridgehead atoms. The summed E-state index contributed by atoms with van der Waals surface area (Å²) in [6.45, 7) is 2.04. The van der Waals surface area contributed by atoms with Crippen LogP contribution in [0.4, 0.5) is 9.93 Å². The van der Waals surface area contributed by atoms with Crippen LogP contribution in [-0.4, -0.2) is 21.2 Å². The fourth-order valence-corrected chi connectivity index (χ4v) is 2.72. The first kappa shape index (κ1) is 16.1. The lowest BCUT2D eigenvalue weighted by Gasteiger charge is -2.15. The summed E-state index contributed by atoms with van der Waals surface area (Å²) in [6, 6.07) is 8.65. The van der Waals surface area contributed by atoms with Crippen molar-refractivity contribution in [3.8, 4) is 0 Å². The molecule has 24 heavy (non-hydrogen) atoms. The number of hydrogen-bond donors (Lipinski definition) is 2. The first-order valence-corrected chi connectivity index (χ1v) is 8.48. The van der Waals surface area contributed by atoms with Crippen LogP contribution in [0.3, 0.4) is 0 Å². The van der Waals surface area contributed by atoms with Gasteiger partial charge in [0, 0.05) is 18.0 Å². The van der Waals surface area contributed by atoms with Crippen LogP contribution in [0, 0.1) is 0 Å². The zero-order valence-electron chi connectivity index (χ0n) is 13.1. The maximum atomic E-state index is 12.3. The van der Waals surface area contributed by atoms with Crippen molar-refractivity contribution in [2.75, 3.05) is 5.32 Å². The molecule has 0 saturated carbocycles. The molecule has 2 aromatic heterocycles. The van der Waals surface area contributed by atoms with E-state index in [1.807, 2.05) is 37.3 Å². The number of carbonyl (C=O) groups excluding carboxylic acids is 1. The van der Waals surface area contributed by atoms with Crippen LogP contribution >= 0.6 is 11.3 Å². The minimum atomic E-state index is -0.500. The van der Waals surface area contributed by atoms with Crippen molar-refractivity contribution in [1.29, 1.82) is 0 Å². The molecule has 0 aliphatic heterocycles. The molecule has 0 fully saturated rings. The molecule has 1 atom stereocenters. The number of amides is 2. The lowest BCUT2D eigenvalue weighted by Crippen LogP contribution is -2.33. The van der Waals surface area contributed by atoms with Crippen molar-refractivity contribution in [3.05, 3.63) is 59.2 Å². The predicted octanol–water partition coefficient (Wildman–Crippen LogP) is 3.39. The number of benzene rings is 1. The third kappa shape index (κ3) is 3.96. The Labute approximate surface area is 143 Å². The van der Waals surface area contributed by atoms with Crippen molar-refractivity contribution in [2.24, 2.45) is 0 Å². The Morgan fingerprint density at radius 2 is 2.17 bits per heavy atom. The number of anilines is 1. The summed E-state index contributed by atoms with van der Waals surface area (Å²) in [5.74, 6) is 0.995. The number of urea groups is 1. The monoisotopic (exact) mass is 343 g/mol. The van der Waals surface area contributed by atoms with Gasteiger partial charge in [-0.05, 0) is 12.0 Å². The quantitative estimate of drug-likeness (QED) is 0.715. The highest BCUT2D eigenvalue weighted by Gasteiger charge is 2.22. The topological polar surface area (TPSA) is 92.9 Å². The first-order valence-electron chi connectivity index (χ1n) is 7.60. The largest absolute Gasteiger partial charge is 0.339 e. The van der Waals surface area contributed by atoms with Gasteiger partial charge in [0.25, 0.3) is 0 Å². The maximum absolute atomic E-state index is 12.3. The predicted molar refractivity (Wildman–Crippen MR) is 90.8 cm³/mol. The van der Waals surface area contributed by atoms with Crippen LogP contribution in [0.1, 0.15) is 36.7 Å². The molecule has 8 heteroatoms. The molecule has 2 heterocycles. The molecule has 1 aromatic carbocycles. The number of hydrogen-bond acceptors (Lipinski definition) is 6. The normalized spacial score (nSPS) is 11.9. The second-order valence-corrected chi connectivity index (χ2v) is 5.97. The third-order valence-electron chi connectivity index (χ3n) is 3.27. The highest BCUT2D eigenvalue weighted by Crippen LogP contribution is 2.20. The molecular weight excluding hydrogens is 326 g/mol. The average molecular weight is 343 g/mol. The van der Waals surface area contributed by atoms with Crippen molar-refractivity contribution in [3.63, 3.8) is 0 Å². The number of nitrogens with one attached hydrogen (secondary N) is 2. The lowest BCUT2D eigenvalue weighted by atomic mass is 10.1. The summed E-state index contributed by atoms with van der Waals surface area (Å²) >= 11 is 1.35. The van der Waals surface area contributed by atoms with Gasteiger partial charge >= 0.3 is 6.03 Å². The van der Waals surface area contributed by atoms with Gasteiger partial charge in [0.2, 0.25) is 5.89 Å². The number of aryl methyl sites for hydroxylation is 1. The van der Waals surface area contributed by atoms with Gasteiger partial charge in [-0.2, -0.15) is 4.98 Å². The van der Waals surface area contributed by atoms with E-state index in [1.54, 1.807) is 11.6 Å². The van der Waals surface area contributed by atoms with E-state index < -0.39 is 6.04 Å². The number of rotatable bonds is 6. The third-order valence-corrected chi connectivity index (χ3v) is 3.96. The van der Waals surface area contributed by atoms with Gasteiger partial charge in [0.1, 0.15) is 6.04 Å². The molecule has 0 saturated heterocycles. The second-order valence-electron chi connectivity index (χ2n) is 5.08. The number of carbonyl (C=O) groups is 1. The molecule has 0 unspecified atom stereocenters. The van der Waals surface area contributed by atoms with E-state index in [9.17, 15) is 4.79 Å². The van der Waals surface area contributed by atoms with Gasteiger partial charge in [-0.25, -0.2) is 9.78 Å². The fourth-order valence-electron chi connectivity index (χ4n) is 2.19. The Kier molecular flexibility index (Phi) is 5.17. The average Bonchev–Trinajstić information content (AvgIpc) is 3.26. The van der Waals surface area contributed by atoms with Gasteiger partial charge in [0.05, 0.1) is 0 Å². The van der Waals surface area contributed by atoms with Crippen molar-refractivity contribution >= 4 is 22.5 Å². The first-order chi connectivity index (χ1) is 11.8. The highest BCUT2D eigenvalue weighted by atomic mass is 32.1. The van der Waals surface area contributed by atoms with Crippen LogP contribution < -0.4 is 10.6 Å². The molecule has 3 rings (SSSR count). The Morgan fingerprint density at radius 3 is 2.88 bits per heavy atom. The number of aromatic nitrogens is 3. The standard InChI is InChI=1S/C16H17N5O2S/c1-2-6-12-18-14(21-23-12)13(11-7-4-3-5-8-11)19-15(22)20-16-17-9-10-24-16/h3-5,7-10,13H,2,6H2,1H3,(H2,17,19,20,22)/t13-/m1/s1. The molecule has 2 N–H and O–H groups in total. The SMILES string of the molecule is CCCc1nc([C@H](NC(=O)Nc2nccs2)c2ccccc2)no1. The van der Waals surface area contributed by atoms with Gasteiger partial charge in [0.15, 0.2) is 11.0 Å². The van der Waals surface area contributed by atoms with E-state index in [2.05, 4.69) is 25.8 Å². The summed E-state index contributed by atoms with van der Waals surface area (Å²) < 4.78 is 5.25. The van der Waals surface area contributed by atoms with E-state index in [0.29, 0.717) is 23.3 Å². The Balaban J connectivity index is 1.80. The lowest BCUT2D eigenvalue weighted by molar-refractivity contribution is 0.249. The molecule has 2 amide bonds. The van der Waals surface area contributed by atoms with Crippen molar-refractivity contribution < 1.29 is 9.32 Å². The summed E-state index contributed by atoms with van der Waals surface area (Å²) in [6.07, 6.45) is 3.25. The van der Waals surface area contributed by atoms with E-state index in [1.165, 1.54) is 11.3 Å². The summed E-state index contributed by atoms with van der Waals surface area (Å²) in [7, 11) is 0. The van der Waals surface area contributed by atoms with Crippen LogP contribution in [-0.2, 0) is 6.42 Å². The summed E-state index contributed by atoms with van der Waals surface area (Å²) in [5.41, 5.74) is 0.871. The van der Waals surface area contributed by atoms with E-state index in [0.717, 1.165) is 12.0 Å². The number of thiazole rings is 1. The molecule has 124 valence electrons. The minimum absolute atomic E-state index is 0.374. The van der Waals surface area contributed by atoms with Gasteiger partial charge in [-0.3, -0.25) is 5.32 Å². The molecule has 0 aliphatic carbocycles. The Morgan fingerprint density at radius 1 is 1.33 bits per heavy atom.